The van der Waals surface area contributed by atoms with E-state index in [0.717, 1.165) is 0 Å². The zero-order valence-electron chi connectivity index (χ0n) is 10.7. The van der Waals surface area contributed by atoms with Crippen molar-refractivity contribution in [2.75, 3.05) is 19.0 Å². The molecule has 20 heavy (non-hydrogen) atoms. The van der Waals surface area contributed by atoms with Gasteiger partial charge in [-0.25, -0.2) is 4.98 Å². The van der Waals surface area contributed by atoms with Gasteiger partial charge in [0.05, 0.1) is 19.0 Å². The third-order valence-electron chi connectivity index (χ3n) is 3.30. The smallest absolute Gasteiger partial charge is 0.225 e. The monoisotopic (exact) mass is 299 g/mol. The van der Waals surface area contributed by atoms with Crippen molar-refractivity contribution in [1.82, 2.24) is 19.5 Å². The molecule has 0 bridgehead atoms. The molecule has 1 aliphatic heterocycles. The van der Waals surface area contributed by atoms with Crippen molar-refractivity contribution < 1.29 is 14.9 Å². The first-order valence-electron chi connectivity index (χ1n) is 6.16. The predicted octanol–water partition coefficient (Wildman–Crippen LogP) is 0.162. The van der Waals surface area contributed by atoms with Crippen molar-refractivity contribution in [3.8, 4) is 0 Å². The van der Waals surface area contributed by atoms with Crippen LogP contribution in [-0.4, -0.2) is 55.6 Å². The number of halogens is 1. The van der Waals surface area contributed by atoms with Gasteiger partial charge in [-0.1, -0.05) is 11.6 Å². The number of aliphatic hydroxyl groups is 2. The minimum atomic E-state index is -0.719. The number of fused-ring (bicyclic) bond motifs is 1. The maximum absolute atomic E-state index is 9.80. The van der Waals surface area contributed by atoms with Crippen molar-refractivity contribution in [3.63, 3.8) is 0 Å². The van der Waals surface area contributed by atoms with Crippen molar-refractivity contribution in [3.05, 3.63) is 11.5 Å². The quantitative estimate of drug-likeness (QED) is 0.693. The van der Waals surface area contributed by atoms with Crippen LogP contribution in [-0.2, 0) is 4.74 Å². The highest BCUT2D eigenvalue weighted by Crippen LogP contribution is 2.32. The number of nitrogens with one attached hydrogen (secondary N) is 1. The number of nitrogens with zero attached hydrogens (tertiary/aromatic N) is 4. The first-order valence-corrected chi connectivity index (χ1v) is 6.54. The topological polar surface area (TPSA) is 105 Å². The number of aromatic nitrogens is 4. The summed E-state index contributed by atoms with van der Waals surface area (Å²) in [5, 5.41) is 22.0. The van der Waals surface area contributed by atoms with Gasteiger partial charge < -0.3 is 20.3 Å². The van der Waals surface area contributed by atoms with E-state index in [2.05, 4.69) is 20.3 Å². The average Bonchev–Trinajstić information content (AvgIpc) is 3.01. The SMILES string of the molecule is CNc1nc(Cl)c2ncn([C@@H]3C[C@@H](O)[C@H](CO)O3)c2n1. The van der Waals surface area contributed by atoms with Crippen molar-refractivity contribution in [2.24, 2.45) is 0 Å². The van der Waals surface area contributed by atoms with Gasteiger partial charge in [0.25, 0.3) is 0 Å². The highest BCUT2D eigenvalue weighted by Gasteiger charge is 2.35. The first kappa shape index (κ1) is 13.5. The number of hydrogen-bond donors (Lipinski definition) is 3. The number of imidazole rings is 1. The van der Waals surface area contributed by atoms with Crippen LogP contribution in [0.25, 0.3) is 11.2 Å². The minimum absolute atomic E-state index is 0.234. The molecule has 1 aliphatic rings. The molecule has 1 saturated heterocycles. The van der Waals surface area contributed by atoms with E-state index in [1.807, 2.05) is 0 Å². The maximum atomic E-state index is 9.80. The predicted molar refractivity (Wildman–Crippen MR) is 71.5 cm³/mol. The Morgan fingerprint density at radius 3 is 3.00 bits per heavy atom. The number of ether oxygens (including phenoxy) is 1. The van der Waals surface area contributed by atoms with Crippen LogP contribution in [0.5, 0.6) is 0 Å². The van der Waals surface area contributed by atoms with Gasteiger partial charge in [0.2, 0.25) is 5.95 Å². The highest BCUT2D eigenvalue weighted by molar-refractivity contribution is 6.33. The van der Waals surface area contributed by atoms with E-state index in [1.54, 1.807) is 17.9 Å². The molecule has 8 nitrogen and oxygen atoms in total. The Bertz CT molecular complexity index is 634. The van der Waals surface area contributed by atoms with Gasteiger partial charge in [-0.2, -0.15) is 9.97 Å². The second-order valence-corrected chi connectivity index (χ2v) is 4.88. The molecule has 3 rings (SSSR count). The molecule has 3 atom stereocenters. The van der Waals surface area contributed by atoms with Crippen LogP contribution in [0.15, 0.2) is 6.33 Å². The Morgan fingerprint density at radius 2 is 2.35 bits per heavy atom. The summed E-state index contributed by atoms with van der Waals surface area (Å²) in [5.41, 5.74) is 0.987. The summed E-state index contributed by atoms with van der Waals surface area (Å²) in [6.07, 6.45) is 0.138. The second-order valence-electron chi connectivity index (χ2n) is 4.53. The van der Waals surface area contributed by atoms with E-state index in [0.29, 0.717) is 23.5 Å². The molecule has 0 saturated carbocycles. The molecule has 3 heterocycles. The lowest BCUT2D eigenvalue weighted by Gasteiger charge is -2.13. The molecule has 0 amide bonds. The number of rotatable bonds is 3. The van der Waals surface area contributed by atoms with E-state index >= 15 is 0 Å². The van der Waals surface area contributed by atoms with Crippen LogP contribution in [0.2, 0.25) is 5.15 Å². The molecule has 2 aromatic heterocycles. The molecule has 0 radical (unpaired) electrons. The van der Waals surface area contributed by atoms with Gasteiger partial charge in [-0.15, -0.1) is 0 Å². The molecule has 3 N–H and O–H groups in total. The van der Waals surface area contributed by atoms with E-state index in [1.165, 1.54) is 0 Å². The van der Waals surface area contributed by atoms with Gasteiger partial charge >= 0.3 is 0 Å². The Morgan fingerprint density at radius 1 is 1.55 bits per heavy atom. The van der Waals surface area contributed by atoms with Crippen molar-refractivity contribution in [1.29, 1.82) is 0 Å². The Balaban J connectivity index is 2.02. The molecule has 0 spiro atoms. The van der Waals surface area contributed by atoms with Crippen molar-refractivity contribution >= 4 is 28.7 Å². The fraction of sp³-hybridized carbons (Fsp3) is 0.545. The standard InChI is InChI=1S/C11H14ClN5O3/c1-13-11-15-9(12)8-10(16-11)17(4-14-8)7-2-5(19)6(3-18)20-7/h4-7,18-19H,2-3H2,1H3,(H,13,15,16)/t5-,6+,7+/m1/s1. The Hall–Kier alpha value is -1.48. The summed E-state index contributed by atoms with van der Waals surface area (Å²) in [5.74, 6) is 0.376. The van der Waals surface area contributed by atoms with Gasteiger partial charge in [0, 0.05) is 13.5 Å². The molecule has 0 unspecified atom stereocenters. The number of anilines is 1. The Labute approximate surface area is 119 Å². The summed E-state index contributed by atoms with van der Waals surface area (Å²) in [4.78, 5) is 12.5. The summed E-state index contributed by atoms with van der Waals surface area (Å²) < 4.78 is 7.27. The molecule has 108 valence electrons. The third kappa shape index (κ3) is 2.10. The summed E-state index contributed by atoms with van der Waals surface area (Å²) >= 11 is 6.05. The number of hydrogen-bond acceptors (Lipinski definition) is 7. The lowest BCUT2D eigenvalue weighted by atomic mass is 10.2. The van der Waals surface area contributed by atoms with Crippen LogP contribution in [0, 0.1) is 0 Å². The van der Waals surface area contributed by atoms with Gasteiger partial charge in [-0.3, -0.25) is 4.57 Å². The molecule has 9 heteroatoms. The molecule has 2 aromatic rings. The lowest BCUT2D eigenvalue weighted by Crippen LogP contribution is -2.24. The van der Waals surface area contributed by atoms with E-state index in [-0.39, 0.29) is 11.8 Å². The van der Waals surface area contributed by atoms with Gasteiger partial charge in [0.15, 0.2) is 10.8 Å². The van der Waals surface area contributed by atoms with E-state index in [4.69, 9.17) is 21.4 Å². The normalized spacial score (nSPS) is 26.3. The fourth-order valence-electron chi connectivity index (χ4n) is 2.25. The molecule has 0 aromatic carbocycles. The average molecular weight is 300 g/mol. The molecular weight excluding hydrogens is 286 g/mol. The second kappa shape index (κ2) is 5.13. The summed E-state index contributed by atoms with van der Waals surface area (Å²) in [7, 11) is 1.69. The number of aliphatic hydroxyl groups excluding tert-OH is 2. The van der Waals surface area contributed by atoms with Crippen LogP contribution >= 0.6 is 11.6 Å². The molecule has 0 aliphatic carbocycles. The molecular formula is C11H14ClN5O3. The highest BCUT2D eigenvalue weighted by atomic mass is 35.5. The van der Waals surface area contributed by atoms with Crippen LogP contribution in [0.4, 0.5) is 5.95 Å². The first-order chi connectivity index (χ1) is 9.63. The lowest BCUT2D eigenvalue weighted by molar-refractivity contribution is -0.0432. The maximum Gasteiger partial charge on any atom is 0.225 e. The largest absolute Gasteiger partial charge is 0.394 e. The van der Waals surface area contributed by atoms with Crippen molar-refractivity contribution in [2.45, 2.75) is 24.9 Å². The molecule has 1 fully saturated rings. The van der Waals surface area contributed by atoms with E-state index in [9.17, 15) is 5.11 Å². The summed E-state index contributed by atoms with van der Waals surface area (Å²) in [6, 6.07) is 0. The minimum Gasteiger partial charge on any atom is -0.394 e. The van der Waals surface area contributed by atoms with E-state index < -0.39 is 18.4 Å². The summed E-state index contributed by atoms with van der Waals surface area (Å²) in [6.45, 7) is -0.234. The zero-order chi connectivity index (χ0) is 14.3. The van der Waals surface area contributed by atoms with Gasteiger partial charge in [0.1, 0.15) is 17.8 Å². The van der Waals surface area contributed by atoms with Crippen LogP contribution in [0.1, 0.15) is 12.6 Å². The van der Waals surface area contributed by atoms with Crippen LogP contribution < -0.4 is 5.32 Å². The fourth-order valence-corrected chi connectivity index (χ4v) is 2.47. The van der Waals surface area contributed by atoms with Crippen LogP contribution in [0.3, 0.4) is 0 Å². The Kier molecular flexibility index (Phi) is 3.47. The zero-order valence-corrected chi connectivity index (χ0v) is 11.4. The third-order valence-corrected chi connectivity index (χ3v) is 3.56. The van der Waals surface area contributed by atoms with Gasteiger partial charge in [-0.05, 0) is 0 Å².